The summed E-state index contributed by atoms with van der Waals surface area (Å²) in [5.74, 6) is 0.793. The van der Waals surface area contributed by atoms with E-state index in [-0.39, 0.29) is 11.9 Å². The van der Waals surface area contributed by atoms with E-state index in [0.29, 0.717) is 12.2 Å². The summed E-state index contributed by atoms with van der Waals surface area (Å²) in [6.07, 6.45) is -0.0223. The molecule has 0 saturated carbocycles. The van der Waals surface area contributed by atoms with Gasteiger partial charge in [0.2, 0.25) is 0 Å². The second-order valence-electron chi connectivity index (χ2n) is 3.78. The number of nitrogen functional groups attached to an aromatic ring is 1. The fraction of sp³-hybridized carbons (Fsp3) is 0.417. The molecule has 88 valence electrons. The second kappa shape index (κ2) is 5.51. The van der Waals surface area contributed by atoms with Crippen LogP contribution in [-0.4, -0.2) is 25.7 Å². The molecule has 0 aliphatic carbocycles. The lowest BCUT2D eigenvalue weighted by atomic mass is 10.1. The number of nitrogens with one attached hydrogen (secondary N) is 1. The van der Waals surface area contributed by atoms with E-state index in [4.69, 9.17) is 20.6 Å². The van der Waals surface area contributed by atoms with Crippen molar-refractivity contribution in [1.82, 2.24) is 0 Å². The van der Waals surface area contributed by atoms with Crippen LogP contribution < -0.4 is 10.5 Å². The molecule has 0 radical (unpaired) electrons. The van der Waals surface area contributed by atoms with E-state index < -0.39 is 0 Å². The van der Waals surface area contributed by atoms with Crippen LogP contribution in [0.5, 0.6) is 5.75 Å². The van der Waals surface area contributed by atoms with E-state index in [1.54, 1.807) is 13.2 Å². The van der Waals surface area contributed by atoms with Crippen molar-refractivity contribution in [3.05, 3.63) is 29.3 Å². The molecule has 0 aromatic heterocycles. The molecule has 3 N–H and O–H groups in total. The molecule has 0 bridgehead atoms. The fourth-order valence-electron chi connectivity index (χ4n) is 1.38. The number of hydrogen-bond acceptors (Lipinski definition) is 3. The predicted molar refractivity (Wildman–Crippen MR) is 64.2 cm³/mol. The minimum atomic E-state index is -0.0223. The van der Waals surface area contributed by atoms with E-state index in [1.165, 1.54) is 0 Å². The van der Waals surface area contributed by atoms with Gasteiger partial charge < -0.3 is 15.2 Å². The summed E-state index contributed by atoms with van der Waals surface area (Å²) in [5.41, 5.74) is 7.12. The van der Waals surface area contributed by atoms with Crippen LogP contribution in [0.2, 0.25) is 0 Å². The van der Waals surface area contributed by atoms with E-state index >= 15 is 0 Å². The molecule has 0 aliphatic heterocycles. The average molecular weight is 222 g/mol. The van der Waals surface area contributed by atoms with Gasteiger partial charge in [0.1, 0.15) is 17.7 Å². The maximum Gasteiger partial charge on any atom is 0.123 e. The summed E-state index contributed by atoms with van der Waals surface area (Å²) in [6.45, 7) is 4.42. The molecule has 0 saturated heterocycles. The number of aryl methyl sites for hydroxylation is 1. The van der Waals surface area contributed by atoms with Gasteiger partial charge in [-0.3, -0.25) is 5.41 Å². The van der Waals surface area contributed by atoms with Crippen molar-refractivity contribution in [2.45, 2.75) is 20.0 Å². The van der Waals surface area contributed by atoms with Gasteiger partial charge >= 0.3 is 0 Å². The minimum absolute atomic E-state index is 0.0223. The largest absolute Gasteiger partial charge is 0.488 e. The highest BCUT2D eigenvalue weighted by atomic mass is 16.5. The molecule has 0 fully saturated rings. The number of amidine groups is 1. The topological polar surface area (TPSA) is 68.3 Å². The van der Waals surface area contributed by atoms with Gasteiger partial charge in [0, 0.05) is 12.7 Å². The monoisotopic (exact) mass is 222 g/mol. The number of benzene rings is 1. The van der Waals surface area contributed by atoms with E-state index in [0.717, 1.165) is 11.3 Å². The van der Waals surface area contributed by atoms with Crippen LogP contribution in [0.3, 0.4) is 0 Å². The normalized spacial score (nSPS) is 12.2. The number of hydrogen-bond donors (Lipinski definition) is 2. The standard InChI is InChI=1S/C12H18N2O2/c1-8-4-5-10(12(13)14)6-11(8)16-9(2)7-15-3/h4-6,9H,7H2,1-3H3,(H3,13,14). The third kappa shape index (κ3) is 3.24. The molecule has 1 aromatic carbocycles. The highest BCUT2D eigenvalue weighted by Gasteiger charge is 2.07. The first kappa shape index (κ1) is 12.5. The SMILES string of the molecule is COCC(C)Oc1cc(C(=N)N)ccc1C. The lowest BCUT2D eigenvalue weighted by Gasteiger charge is -2.16. The average Bonchev–Trinajstić information content (AvgIpc) is 2.21. The Balaban J connectivity index is 2.85. The van der Waals surface area contributed by atoms with Crippen LogP contribution in [0, 0.1) is 12.3 Å². The lowest BCUT2D eigenvalue weighted by molar-refractivity contribution is 0.0916. The van der Waals surface area contributed by atoms with Gasteiger partial charge in [-0.1, -0.05) is 12.1 Å². The zero-order chi connectivity index (χ0) is 12.1. The summed E-state index contributed by atoms with van der Waals surface area (Å²) in [5, 5.41) is 7.36. The van der Waals surface area contributed by atoms with Gasteiger partial charge in [-0.05, 0) is 25.5 Å². The minimum Gasteiger partial charge on any atom is -0.488 e. The summed E-state index contributed by atoms with van der Waals surface area (Å²) >= 11 is 0. The van der Waals surface area contributed by atoms with Crippen LogP contribution in [0.1, 0.15) is 18.1 Å². The third-order valence-corrected chi connectivity index (χ3v) is 2.23. The number of nitrogens with two attached hydrogens (primary N) is 1. The molecule has 1 rings (SSSR count). The zero-order valence-electron chi connectivity index (χ0n) is 9.91. The van der Waals surface area contributed by atoms with Crippen molar-refractivity contribution in [1.29, 1.82) is 5.41 Å². The maximum absolute atomic E-state index is 7.36. The maximum atomic E-state index is 7.36. The van der Waals surface area contributed by atoms with Gasteiger partial charge in [-0.15, -0.1) is 0 Å². The molecule has 1 aromatic rings. The molecule has 0 amide bonds. The van der Waals surface area contributed by atoms with Crippen molar-refractivity contribution in [3.63, 3.8) is 0 Å². The Bertz CT molecular complexity index is 377. The van der Waals surface area contributed by atoms with Gasteiger partial charge in [0.25, 0.3) is 0 Å². The highest BCUT2D eigenvalue weighted by Crippen LogP contribution is 2.20. The van der Waals surface area contributed by atoms with E-state index in [9.17, 15) is 0 Å². The Morgan fingerprint density at radius 2 is 2.19 bits per heavy atom. The van der Waals surface area contributed by atoms with E-state index in [1.807, 2.05) is 26.0 Å². The fourth-order valence-corrected chi connectivity index (χ4v) is 1.38. The molecule has 0 aliphatic rings. The molecule has 4 nitrogen and oxygen atoms in total. The van der Waals surface area contributed by atoms with E-state index in [2.05, 4.69) is 0 Å². The first-order valence-electron chi connectivity index (χ1n) is 5.15. The number of rotatable bonds is 5. The van der Waals surface area contributed by atoms with Gasteiger partial charge in [0.05, 0.1) is 6.61 Å². The van der Waals surface area contributed by atoms with Crippen molar-refractivity contribution < 1.29 is 9.47 Å². The smallest absolute Gasteiger partial charge is 0.123 e. The predicted octanol–water partition coefficient (Wildman–Crippen LogP) is 1.69. The quantitative estimate of drug-likeness (QED) is 0.588. The Hall–Kier alpha value is -1.55. The molecule has 1 unspecified atom stereocenters. The van der Waals surface area contributed by atoms with Gasteiger partial charge in [-0.2, -0.15) is 0 Å². The molecule has 0 heterocycles. The Morgan fingerprint density at radius 3 is 2.75 bits per heavy atom. The summed E-state index contributed by atoms with van der Waals surface area (Å²) in [7, 11) is 1.64. The summed E-state index contributed by atoms with van der Waals surface area (Å²) in [4.78, 5) is 0. The van der Waals surface area contributed by atoms with Crippen LogP contribution in [-0.2, 0) is 4.74 Å². The molecule has 16 heavy (non-hydrogen) atoms. The molecular weight excluding hydrogens is 204 g/mol. The molecule has 1 atom stereocenters. The third-order valence-electron chi connectivity index (χ3n) is 2.23. The Labute approximate surface area is 95.9 Å². The summed E-state index contributed by atoms with van der Waals surface area (Å²) in [6, 6.07) is 5.49. The van der Waals surface area contributed by atoms with Crippen LogP contribution in [0.15, 0.2) is 18.2 Å². The number of ether oxygens (including phenoxy) is 2. The summed E-state index contributed by atoms with van der Waals surface area (Å²) < 4.78 is 10.7. The first-order chi connectivity index (χ1) is 7.54. The van der Waals surface area contributed by atoms with Crippen LogP contribution >= 0.6 is 0 Å². The second-order valence-corrected chi connectivity index (χ2v) is 3.78. The van der Waals surface area contributed by atoms with Gasteiger partial charge in [0.15, 0.2) is 0 Å². The van der Waals surface area contributed by atoms with Crippen molar-refractivity contribution in [3.8, 4) is 5.75 Å². The van der Waals surface area contributed by atoms with Crippen LogP contribution in [0.25, 0.3) is 0 Å². The van der Waals surface area contributed by atoms with Crippen molar-refractivity contribution in [2.24, 2.45) is 5.73 Å². The first-order valence-corrected chi connectivity index (χ1v) is 5.15. The highest BCUT2D eigenvalue weighted by molar-refractivity contribution is 5.95. The number of methoxy groups -OCH3 is 1. The lowest BCUT2D eigenvalue weighted by Crippen LogP contribution is -2.19. The molecule has 0 spiro atoms. The Kier molecular flexibility index (Phi) is 4.31. The Morgan fingerprint density at radius 1 is 1.50 bits per heavy atom. The molecular formula is C12H18N2O2. The molecule has 4 heteroatoms. The van der Waals surface area contributed by atoms with Crippen molar-refractivity contribution >= 4 is 5.84 Å². The van der Waals surface area contributed by atoms with Gasteiger partial charge in [-0.25, -0.2) is 0 Å². The van der Waals surface area contributed by atoms with Crippen molar-refractivity contribution in [2.75, 3.05) is 13.7 Å². The van der Waals surface area contributed by atoms with Crippen LogP contribution in [0.4, 0.5) is 0 Å². The zero-order valence-corrected chi connectivity index (χ0v) is 9.91.